The molecule has 2 amide bonds. The van der Waals surface area contributed by atoms with Crippen LogP contribution in [0.4, 0.5) is 0 Å². The molecule has 0 N–H and O–H groups in total. The number of ether oxygens (including phenoxy) is 1. The van der Waals surface area contributed by atoms with Gasteiger partial charge in [0.15, 0.2) is 5.78 Å². The lowest BCUT2D eigenvalue weighted by atomic mass is 10.0. The number of benzene rings is 2. The summed E-state index contributed by atoms with van der Waals surface area (Å²) in [7, 11) is 1.67. The summed E-state index contributed by atoms with van der Waals surface area (Å²) < 4.78 is 7.74. The van der Waals surface area contributed by atoms with Gasteiger partial charge in [0, 0.05) is 24.7 Å². The fraction of sp³-hybridized carbons (Fsp3) is 0.300. The molecule has 194 valence electrons. The third-order valence-electron chi connectivity index (χ3n) is 7.15. The molecule has 2 aromatic heterocycles. The van der Waals surface area contributed by atoms with Gasteiger partial charge in [-0.15, -0.1) is 0 Å². The quantitative estimate of drug-likeness (QED) is 0.203. The topological polar surface area (TPSA) is 98.6 Å². The number of hydrogen-bond acceptors (Lipinski definition) is 6. The first-order valence-corrected chi connectivity index (χ1v) is 12.6. The van der Waals surface area contributed by atoms with Crippen molar-refractivity contribution in [1.82, 2.24) is 14.5 Å². The number of pyridine rings is 2. The average molecular weight is 512 g/mol. The minimum atomic E-state index is -0.535. The van der Waals surface area contributed by atoms with Crippen molar-refractivity contribution in [3.05, 3.63) is 81.4 Å². The standard InChI is InChI=1S/C30H29N3O5/c1-16(2)12-19(33-28(35)21-8-6-7-9-22(21)29(33)36)15-38-26-14-25-24(13-23(26)18(4)34)20-10-11-31-17(3)27(20)30(37)32(25)5/h6-11,13-14,16,19H,12,15H2,1-5H3. The number of fused-ring (bicyclic) bond motifs is 4. The third-order valence-corrected chi connectivity index (χ3v) is 7.15. The molecular weight excluding hydrogens is 482 g/mol. The van der Waals surface area contributed by atoms with Crippen molar-refractivity contribution in [1.29, 1.82) is 0 Å². The molecule has 1 aliphatic rings. The summed E-state index contributed by atoms with van der Waals surface area (Å²) >= 11 is 0. The molecule has 4 aromatic rings. The van der Waals surface area contributed by atoms with Gasteiger partial charge in [-0.05, 0) is 55.8 Å². The molecule has 0 fully saturated rings. The summed E-state index contributed by atoms with van der Waals surface area (Å²) in [5, 5.41) is 1.96. The van der Waals surface area contributed by atoms with Gasteiger partial charge in [0.2, 0.25) is 0 Å². The van der Waals surface area contributed by atoms with Crippen LogP contribution in [0.5, 0.6) is 5.75 Å². The number of imide groups is 1. The number of hydrogen-bond donors (Lipinski definition) is 0. The van der Waals surface area contributed by atoms with Gasteiger partial charge in [-0.25, -0.2) is 0 Å². The van der Waals surface area contributed by atoms with E-state index < -0.39 is 6.04 Å². The molecule has 0 spiro atoms. The van der Waals surface area contributed by atoms with Gasteiger partial charge >= 0.3 is 0 Å². The predicted molar refractivity (Wildman–Crippen MR) is 145 cm³/mol. The van der Waals surface area contributed by atoms with E-state index in [1.54, 1.807) is 62.6 Å². The summed E-state index contributed by atoms with van der Waals surface area (Å²) in [5.74, 6) is -0.405. The minimum absolute atomic E-state index is 0.0139. The first kappa shape index (κ1) is 25.3. The number of aryl methyl sites for hydroxylation is 2. The van der Waals surface area contributed by atoms with Crippen LogP contribution in [0.1, 0.15) is 64.0 Å². The van der Waals surface area contributed by atoms with Crippen LogP contribution in [0.2, 0.25) is 0 Å². The maximum Gasteiger partial charge on any atom is 0.261 e. The van der Waals surface area contributed by atoms with E-state index in [4.69, 9.17) is 4.74 Å². The smallest absolute Gasteiger partial charge is 0.261 e. The second kappa shape index (κ2) is 9.52. The molecule has 0 radical (unpaired) electrons. The monoisotopic (exact) mass is 511 g/mol. The lowest BCUT2D eigenvalue weighted by molar-refractivity contribution is 0.0505. The molecule has 8 heteroatoms. The maximum absolute atomic E-state index is 13.2. The molecule has 8 nitrogen and oxygen atoms in total. The van der Waals surface area contributed by atoms with Crippen molar-refractivity contribution < 1.29 is 19.1 Å². The van der Waals surface area contributed by atoms with E-state index in [-0.39, 0.29) is 35.7 Å². The summed E-state index contributed by atoms with van der Waals surface area (Å²) in [6.45, 7) is 7.29. The lowest BCUT2D eigenvalue weighted by Gasteiger charge is -2.28. The highest BCUT2D eigenvalue weighted by Gasteiger charge is 2.40. The maximum atomic E-state index is 13.2. The molecule has 0 saturated carbocycles. The average Bonchev–Trinajstić information content (AvgIpc) is 3.14. The number of carbonyl (C=O) groups excluding carboxylic acids is 3. The Kier molecular flexibility index (Phi) is 6.34. The molecule has 1 aliphatic heterocycles. The van der Waals surface area contributed by atoms with Crippen molar-refractivity contribution in [2.24, 2.45) is 13.0 Å². The van der Waals surface area contributed by atoms with Crippen LogP contribution in [0.3, 0.4) is 0 Å². The Morgan fingerprint density at radius 3 is 2.26 bits per heavy atom. The van der Waals surface area contributed by atoms with Crippen LogP contribution < -0.4 is 10.3 Å². The highest BCUT2D eigenvalue weighted by Crippen LogP contribution is 2.32. The van der Waals surface area contributed by atoms with Gasteiger partial charge in [-0.1, -0.05) is 26.0 Å². The van der Waals surface area contributed by atoms with E-state index in [2.05, 4.69) is 4.98 Å². The van der Waals surface area contributed by atoms with Gasteiger partial charge in [-0.2, -0.15) is 0 Å². The normalized spacial score (nSPS) is 14.0. The van der Waals surface area contributed by atoms with Gasteiger partial charge in [0.05, 0.1) is 39.3 Å². The molecular formula is C30H29N3O5. The number of amides is 2. The van der Waals surface area contributed by atoms with Gasteiger partial charge in [0.1, 0.15) is 12.4 Å². The summed E-state index contributed by atoms with van der Waals surface area (Å²) in [6, 6.07) is 11.5. The van der Waals surface area contributed by atoms with Crippen LogP contribution in [-0.4, -0.2) is 44.7 Å². The Hall–Kier alpha value is -4.33. The SMILES string of the molecule is CC(=O)c1cc2c3ccnc(C)c3c(=O)n(C)c2cc1OCC(CC(C)C)N1C(=O)c2ccccc2C1=O. The second-order valence-electron chi connectivity index (χ2n) is 10.2. The Labute approximate surface area is 219 Å². The fourth-order valence-electron chi connectivity index (χ4n) is 5.31. The van der Waals surface area contributed by atoms with Crippen molar-refractivity contribution in [3.8, 4) is 5.75 Å². The second-order valence-corrected chi connectivity index (χ2v) is 10.2. The Balaban J connectivity index is 1.57. The van der Waals surface area contributed by atoms with E-state index in [0.717, 1.165) is 5.39 Å². The number of aromatic nitrogens is 2. The predicted octanol–water partition coefficient (Wildman–Crippen LogP) is 4.69. The van der Waals surface area contributed by atoms with Crippen molar-refractivity contribution >= 4 is 39.3 Å². The largest absolute Gasteiger partial charge is 0.491 e. The van der Waals surface area contributed by atoms with Crippen LogP contribution >= 0.6 is 0 Å². The molecule has 0 bridgehead atoms. The van der Waals surface area contributed by atoms with E-state index >= 15 is 0 Å². The zero-order valence-electron chi connectivity index (χ0n) is 22.1. The zero-order valence-corrected chi connectivity index (χ0v) is 22.1. The van der Waals surface area contributed by atoms with Crippen molar-refractivity contribution in [2.75, 3.05) is 6.61 Å². The van der Waals surface area contributed by atoms with Crippen LogP contribution in [0.25, 0.3) is 21.7 Å². The van der Waals surface area contributed by atoms with Crippen LogP contribution in [0, 0.1) is 12.8 Å². The van der Waals surface area contributed by atoms with E-state index in [9.17, 15) is 19.2 Å². The molecule has 1 atom stereocenters. The highest BCUT2D eigenvalue weighted by atomic mass is 16.5. The van der Waals surface area contributed by atoms with Crippen molar-refractivity contribution in [2.45, 2.75) is 40.2 Å². The molecule has 0 saturated heterocycles. The molecule has 3 heterocycles. The lowest BCUT2D eigenvalue weighted by Crippen LogP contribution is -2.44. The minimum Gasteiger partial charge on any atom is -0.491 e. The third kappa shape index (κ3) is 4.06. The van der Waals surface area contributed by atoms with E-state index in [1.807, 2.05) is 13.8 Å². The Morgan fingerprint density at radius 2 is 1.66 bits per heavy atom. The van der Waals surface area contributed by atoms with Gasteiger partial charge < -0.3 is 9.30 Å². The number of Topliss-reactive ketones (excluding diaryl/α,β-unsaturated/α-hetero) is 1. The van der Waals surface area contributed by atoms with E-state index in [0.29, 0.717) is 50.8 Å². The number of ketones is 1. The number of carbonyl (C=O) groups is 3. The first-order chi connectivity index (χ1) is 18.1. The molecule has 38 heavy (non-hydrogen) atoms. The van der Waals surface area contributed by atoms with Gasteiger partial charge in [0.25, 0.3) is 17.4 Å². The van der Waals surface area contributed by atoms with E-state index in [1.165, 1.54) is 16.4 Å². The summed E-state index contributed by atoms with van der Waals surface area (Å²) in [5.41, 5.74) is 2.16. The molecule has 0 aliphatic carbocycles. The number of rotatable bonds is 7. The first-order valence-electron chi connectivity index (χ1n) is 12.6. The fourth-order valence-corrected chi connectivity index (χ4v) is 5.31. The Bertz CT molecular complexity index is 1670. The molecule has 5 rings (SSSR count). The molecule has 2 aromatic carbocycles. The zero-order chi connectivity index (χ0) is 27.3. The molecule has 1 unspecified atom stereocenters. The Morgan fingerprint density at radius 1 is 1.00 bits per heavy atom. The van der Waals surface area contributed by atoms with Crippen LogP contribution in [0.15, 0.2) is 53.5 Å². The highest BCUT2D eigenvalue weighted by molar-refractivity contribution is 6.21. The summed E-state index contributed by atoms with van der Waals surface area (Å²) in [6.07, 6.45) is 2.18. The summed E-state index contributed by atoms with van der Waals surface area (Å²) in [4.78, 5) is 57.8. The number of nitrogens with zero attached hydrogens (tertiary/aromatic N) is 3. The van der Waals surface area contributed by atoms with Gasteiger partial charge in [-0.3, -0.25) is 29.1 Å². The van der Waals surface area contributed by atoms with Crippen molar-refractivity contribution in [3.63, 3.8) is 0 Å². The van der Waals surface area contributed by atoms with Crippen LogP contribution in [-0.2, 0) is 7.05 Å².